The fourth-order valence-electron chi connectivity index (χ4n) is 0.955. The number of ether oxygens (including phenoxy) is 1. The number of hydrogen-bond acceptors (Lipinski definition) is 4. The number of hydrogen-bond donors (Lipinski definition) is 1. The first-order valence-electron chi connectivity index (χ1n) is 4.54. The van der Waals surface area contributed by atoms with Crippen molar-refractivity contribution in [2.45, 2.75) is 13.5 Å². The zero-order valence-electron chi connectivity index (χ0n) is 8.46. The number of terminal acetylenes is 1. The Labute approximate surface area is 94.0 Å². The highest BCUT2D eigenvalue weighted by atomic mass is 35.5. The summed E-state index contributed by atoms with van der Waals surface area (Å²) in [5, 5.41) is 3.30. The molecular weight excluding hydrogens is 214 g/mol. The molecule has 4 nitrogen and oxygen atoms in total. The van der Waals surface area contributed by atoms with Crippen LogP contribution in [0.2, 0.25) is 5.15 Å². The summed E-state index contributed by atoms with van der Waals surface area (Å²) in [6.45, 7) is 3.27. The molecule has 5 heteroatoms. The van der Waals surface area contributed by atoms with Gasteiger partial charge in [0.1, 0.15) is 17.6 Å². The summed E-state index contributed by atoms with van der Waals surface area (Å²) in [4.78, 5) is 8.20. The van der Waals surface area contributed by atoms with Crippen molar-refractivity contribution in [2.24, 2.45) is 0 Å². The van der Waals surface area contributed by atoms with E-state index >= 15 is 0 Å². The molecule has 1 aromatic rings. The average molecular weight is 226 g/mol. The molecule has 0 spiro atoms. The fourth-order valence-corrected chi connectivity index (χ4v) is 1.16. The van der Waals surface area contributed by atoms with E-state index in [-0.39, 0.29) is 0 Å². The molecule has 0 radical (unpaired) electrons. The predicted molar refractivity (Wildman–Crippen MR) is 59.7 cm³/mol. The first kappa shape index (κ1) is 11.8. The Morgan fingerprint density at radius 3 is 3.07 bits per heavy atom. The van der Waals surface area contributed by atoms with Gasteiger partial charge >= 0.3 is 0 Å². The third-order valence-corrected chi connectivity index (χ3v) is 1.74. The Bertz CT molecular complexity index is 362. The molecule has 1 rings (SSSR count). The Morgan fingerprint density at radius 2 is 2.40 bits per heavy atom. The van der Waals surface area contributed by atoms with Crippen molar-refractivity contribution in [2.75, 3.05) is 18.5 Å². The van der Waals surface area contributed by atoms with Crippen molar-refractivity contribution >= 4 is 17.4 Å². The number of halogens is 1. The molecule has 1 N–H and O–H groups in total. The molecule has 0 fully saturated rings. The number of aromatic nitrogens is 2. The molecule has 0 aromatic carbocycles. The molecule has 15 heavy (non-hydrogen) atoms. The first-order chi connectivity index (χ1) is 7.26. The van der Waals surface area contributed by atoms with E-state index in [9.17, 15) is 0 Å². The lowest BCUT2D eigenvalue weighted by molar-refractivity contribution is 0.128. The number of nitrogens with one attached hydrogen (secondary N) is 1. The van der Waals surface area contributed by atoms with Gasteiger partial charge in [-0.1, -0.05) is 17.5 Å². The lowest BCUT2D eigenvalue weighted by atomic mass is 10.5. The van der Waals surface area contributed by atoms with E-state index in [1.165, 1.54) is 0 Å². The van der Waals surface area contributed by atoms with E-state index in [1.54, 1.807) is 6.07 Å². The van der Waals surface area contributed by atoms with Crippen LogP contribution >= 0.6 is 11.6 Å². The molecule has 80 valence electrons. The van der Waals surface area contributed by atoms with Crippen LogP contribution in [0.1, 0.15) is 12.7 Å². The smallest absolute Gasteiger partial charge is 0.158 e. The Kier molecular flexibility index (Phi) is 4.88. The van der Waals surface area contributed by atoms with Crippen LogP contribution in [0.25, 0.3) is 0 Å². The van der Waals surface area contributed by atoms with Crippen molar-refractivity contribution in [3.05, 3.63) is 17.0 Å². The average Bonchev–Trinajstić information content (AvgIpc) is 2.23. The van der Waals surface area contributed by atoms with Crippen LogP contribution in [0, 0.1) is 12.3 Å². The second kappa shape index (κ2) is 6.23. The maximum atomic E-state index is 5.81. The minimum Gasteiger partial charge on any atom is -0.374 e. The van der Waals surface area contributed by atoms with Crippen LogP contribution in [-0.2, 0) is 11.3 Å². The van der Waals surface area contributed by atoms with Gasteiger partial charge in [0.15, 0.2) is 5.82 Å². The number of anilines is 1. The lowest BCUT2D eigenvalue weighted by Crippen LogP contribution is -2.05. The van der Waals surface area contributed by atoms with E-state index in [0.717, 1.165) is 0 Å². The molecule has 0 bridgehead atoms. The summed E-state index contributed by atoms with van der Waals surface area (Å²) < 4.78 is 5.18. The summed E-state index contributed by atoms with van der Waals surface area (Å²) in [6, 6.07) is 1.62. The van der Waals surface area contributed by atoms with Gasteiger partial charge in [0.25, 0.3) is 0 Å². The van der Waals surface area contributed by atoms with Gasteiger partial charge in [-0.25, -0.2) is 9.97 Å². The third kappa shape index (κ3) is 4.15. The van der Waals surface area contributed by atoms with Crippen LogP contribution in [-0.4, -0.2) is 23.1 Å². The molecule has 1 aromatic heterocycles. The lowest BCUT2D eigenvalue weighted by Gasteiger charge is -2.05. The highest BCUT2D eigenvalue weighted by molar-refractivity contribution is 6.29. The van der Waals surface area contributed by atoms with Gasteiger partial charge in [0, 0.05) is 12.7 Å². The summed E-state index contributed by atoms with van der Waals surface area (Å²) in [6.07, 6.45) is 5.12. The Hall–Kier alpha value is -1.31. The Morgan fingerprint density at radius 1 is 1.60 bits per heavy atom. The second-order valence-electron chi connectivity index (χ2n) is 2.69. The highest BCUT2D eigenvalue weighted by Gasteiger charge is 2.02. The van der Waals surface area contributed by atoms with E-state index < -0.39 is 0 Å². The van der Waals surface area contributed by atoms with E-state index in [2.05, 4.69) is 21.2 Å². The molecular formula is C10H12ClN3O. The quantitative estimate of drug-likeness (QED) is 0.612. The summed E-state index contributed by atoms with van der Waals surface area (Å²) in [5.41, 5.74) is 0. The van der Waals surface area contributed by atoms with Crippen LogP contribution in [0.3, 0.4) is 0 Å². The molecule has 0 saturated heterocycles. The van der Waals surface area contributed by atoms with E-state index in [1.807, 2.05) is 6.92 Å². The van der Waals surface area contributed by atoms with Gasteiger partial charge in [0.05, 0.1) is 6.54 Å². The SMILES string of the molecule is C#CCNc1cc(Cl)nc(COCC)n1. The summed E-state index contributed by atoms with van der Waals surface area (Å²) in [5.74, 6) is 3.61. The third-order valence-electron chi connectivity index (χ3n) is 1.55. The van der Waals surface area contributed by atoms with Crippen molar-refractivity contribution in [3.8, 4) is 12.3 Å². The molecule has 0 aliphatic rings. The van der Waals surface area contributed by atoms with Gasteiger partial charge in [-0.2, -0.15) is 0 Å². The van der Waals surface area contributed by atoms with Crippen molar-refractivity contribution < 1.29 is 4.74 Å². The van der Waals surface area contributed by atoms with E-state index in [4.69, 9.17) is 22.8 Å². The van der Waals surface area contributed by atoms with Crippen LogP contribution in [0.4, 0.5) is 5.82 Å². The number of nitrogens with zero attached hydrogens (tertiary/aromatic N) is 2. The van der Waals surface area contributed by atoms with Crippen molar-refractivity contribution in [3.63, 3.8) is 0 Å². The monoisotopic (exact) mass is 225 g/mol. The largest absolute Gasteiger partial charge is 0.374 e. The summed E-state index contributed by atoms with van der Waals surface area (Å²) in [7, 11) is 0. The topological polar surface area (TPSA) is 47.0 Å². The molecule has 0 aliphatic carbocycles. The van der Waals surface area contributed by atoms with Gasteiger partial charge in [-0.15, -0.1) is 6.42 Å². The second-order valence-corrected chi connectivity index (χ2v) is 3.07. The zero-order valence-corrected chi connectivity index (χ0v) is 9.21. The van der Waals surface area contributed by atoms with Crippen LogP contribution < -0.4 is 5.32 Å². The minimum absolute atomic E-state index is 0.349. The molecule has 1 heterocycles. The first-order valence-corrected chi connectivity index (χ1v) is 4.92. The number of rotatable bonds is 5. The molecule has 0 aliphatic heterocycles. The van der Waals surface area contributed by atoms with Crippen LogP contribution in [0.5, 0.6) is 0 Å². The van der Waals surface area contributed by atoms with Crippen LogP contribution in [0.15, 0.2) is 6.07 Å². The van der Waals surface area contributed by atoms with Crippen molar-refractivity contribution in [1.29, 1.82) is 0 Å². The summed E-state index contributed by atoms with van der Waals surface area (Å²) >= 11 is 5.81. The zero-order chi connectivity index (χ0) is 11.1. The van der Waals surface area contributed by atoms with E-state index in [0.29, 0.717) is 36.6 Å². The molecule has 0 amide bonds. The minimum atomic E-state index is 0.349. The Balaban J connectivity index is 2.71. The molecule has 0 saturated carbocycles. The fraction of sp³-hybridized carbons (Fsp3) is 0.400. The maximum Gasteiger partial charge on any atom is 0.158 e. The van der Waals surface area contributed by atoms with Crippen molar-refractivity contribution in [1.82, 2.24) is 9.97 Å². The van der Waals surface area contributed by atoms with Gasteiger partial charge in [-0.3, -0.25) is 0 Å². The molecule has 0 unspecified atom stereocenters. The normalized spacial score (nSPS) is 9.67. The van der Waals surface area contributed by atoms with Gasteiger partial charge in [-0.05, 0) is 6.92 Å². The molecule has 0 atom stereocenters. The van der Waals surface area contributed by atoms with Gasteiger partial charge in [0.2, 0.25) is 0 Å². The maximum absolute atomic E-state index is 5.81. The highest BCUT2D eigenvalue weighted by Crippen LogP contribution is 2.11. The predicted octanol–water partition coefficient (Wildman–Crippen LogP) is 1.71. The van der Waals surface area contributed by atoms with Gasteiger partial charge < -0.3 is 10.1 Å². The standard InChI is InChI=1S/C10H12ClN3O/c1-3-5-12-9-6-8(11)13-10(14-9)7-15-4-2/h1,6H,4-5,7H2,2H3,(H,12,13,14).